The number of phenols is 1. The highest BCUT2D eigenvalue weighted by molar-refractivity contribution is 6.34. The van der Waals surface area contributed by atoms with Crippen molar-refractivity contribution < 1.29 is 14.3 Å². The van der Waals surface area contributed by atoms with Gasteiger partial charge in [0, 0.05) is 12.6 Å². The second-order valence-electron chi connectivity index (χ2n) is 4.64. The molecule has 1 N–H and O–H groups in total. The van der Waals surface area contributed by atoms with E-state index in [1.807, 2.05) is 13.8 Å². The van der Waals surface area contributed by atoms with Crippen LogP contribution in [0.4, 0.5) is 10.1 Å². The third-order valence-corrected chi connectivity index (χ3v) is 3.52. The highest BCUT2D eigenvalue weighted by Crippen LogP contribution is 2.28. The second-order valence-corrected chi connectivity index (χ2v) is 5.05. The van der Waals surface area contributed by atoms with Crippen molar-refractivity contribution in [3.8, 4) is 5.75 Å². The Morgan fingerprint density at radius 3 is 2.62 bits per heavy atom. The zero-order valence-electron chi connectivity index (χ0n) is 11.7. The molecular weight excluding hydrogens is 293 g/mol. The summed E-state index contributed by atoms with van der Waals surface area (Å²) < 4.78 is 13.1. The van der Waals surface area contributed by atoms with Gasteiger partial charge in [0.05, 0.1) is 16.3 Å². The van der Waals surface area contributed by atoms with Gasteiger partial charge in [-0.05, 0) is 43.7 Å². The van der Waals surface area contributed by atoms with Crippen LogP contribution in [-0.2, 0) is 0 Å². The molecule has 0 fully saturated rings. The molecule has 21 heavy (non-hydrogen) atoms. The SMILES string of the molecule is CCN(C(=O)c1ccc(F)cc1Cl)c1cc(O)ccc1C. The number of aromatic hydroxyl groups is 1. The number of rotatable bonds is 3. The van der Waals surface area contributed by atoms with Gasteiger partial charge in [0.2, 0.25) is 0 Å². The first-order chi connectivity index (χ1) is 9.93. The van der Waals surface area contributed by atoms with Crippen LogP contribution >= 0.6 is 11.6 Å². The molecule has 0 spiro atoms. The molecule has 0 saturated heterocycles. The van der Waals surface area contributed by atoms with Gasteiger partial charge in [0.1, 0.15) is 11.6 Å². The van der Waals surface area contributed by atoms with Gasteiger partial charge in [0.25, 0.3) is 5.91 Å². The maximum atomic E-state index is 13.1. The molecule has 0 radical (unpaired) electrons. The van der Waals surface area contributed by atoms with E-state index in [9.17, 15) is 14.3 Å². The first kappa shape index (κ1) is 15.3. The Morgan fingerprint density at radius 2 is 2.00 bits per heavy atom. The predicted octanol–water partition coefficient (Wildman–Crippen LogP) is 4.16. The fourth-order valence-corrected chi connectivity index (χ4v) is 2.37. The highest BCUT2D eigenvalue weighted by Gasteiger charge is 2.20. The van der Waals surface area contributed by atoms with Crippen molar-refractivity contribution in [2.75, 3.05) is 11.4 Å². The van der Waals surface area contributed by atoms with Crippen LogP contribution < -0.4 is 4.90 Å². The number of amides is 1. The highest BCUT2D eigenvalue weighted by atomic mass is 35.5. The molecule has 0 heterocycles. The fourth-order valence-electron chi connectivity index (χ4n) is 2.12. The van der Waals surface area contributed by atoms with Crippen LogP contribution in [0.2, 0.25) is 5.02 Å². The van der Waals surface area contributed by atoms with Crippen molar-refractivity contribution in [1.29, 1.82) is 0 Å². The summed E-state index contributed by atoms with van der Waals surface area (Å²) in [7, 11) is 0. The van der Waals surface area contributed by atoms with Crippen LogP contribution in [0.5, 0.6) is 5.75 Å². The lowest BCUT2D eigenvalue weighted by molar-refractivity contribution is 0.0988. The van der Waals surface area contributed by atoms with Crippen LogP contribution in [0.15, 0.2) is 36.4 Å². The third kappa shape index (κ3) is 3.16. The Balaban J connectivity index is 2.45. The van der Waals surface area contributed by atoms with E-state index >= 15 is 0 Å². The van der Waals surface area contributed by atoms with Gasteiger partial charge in [-0.1, -0.05) is 17.7 Å². The van der Waals surface area contributed by atoms with E-state index in [0.717, 1.165) is 11.6 Å². The average molecular weight is 308 g/mol. The fraction of sp³-hybridized carbons (Fsp3) is 0.188. The lowest BCUT2D eigenvalue weighted by Crippen LogP contribution is -2.31. The summed E-state index contributed by atoms with van der Waals surface area (Å²) in [5.41, 5.74) is 1.67. The maximum absolute atomic E-state index is 13.1. The molecule has 0 aromatic heterocycles. The Bertz CT molecular complexity index is 688. The molecular formula is C16H15ClFNO2. The number of carbonyl (C=O) groups is 1. The van der Waals surface area contributed by atoms with Gasteiger partial charge in [-0.3, -0.25) is 4.79 Å². The first-order valence-electron chi connectivity index (χ1n) is 6.50. The summed E-state index contributed by atoms with van der Waals surface area (Å²) in [5, 5.41) is 9.68. The van der Waals surface area contributed by atoms with Crippen molar-refractivity contribution in [3.05, 3.63) is 58.4 Å². The minimum Gasteiger partial charge on any atom is -0.508 e. The van der Waals surface area contributed by atoms with Crippen LogP contribution in [-0.4, -0.2) is 17.6 Å². The van der Waals surface area contributed by atoms with Crippen LogP contribution in [0.25, 0.3) is 0 Å². The Kier molecular flexibility index (Phi) is 4.48. The average Bonchev–Trinajstić information content (AvgIpc) is 2.43. The lowest BCUT2D eigenvalue weighted by Gasteiger charge is -2.23. The number of halogens is 2. The molecule has 1 amide bonds. The van der Waals surface area contributed by atoms with Crippen molar-refractivity contribution in [2.24, 2.45) is 0 Å². The summed E-state index contributed by atoms with van der Waals surface area (Å²) in [6.07, 6.45) is 0. The van der Waals surface area contributed by atoms with Crippen molar-refractivity contribution in [1.82, 2.24) is 0 Å². The monoisotopic (exact) mass is 307 g/mol. The zero-order chi connectivity index (χ0) is 15.6. The van der Waals surface area contributed by atoms with E-state index in [2.05, 4.69) is 0 Å². The smallest absolute Gasteiger partial charge is 0.259 e. The van der Waals surface area contributed by atoms with Gasteiger partial charge in [-0.15, -0.1) is 0 Å². The zero-order valence-corrected chi connectivity index (χ0v) is 12.5. The second kappa shape index (κ2) is 6.14. The van der Waals surface area contributed by atoms with E-state index < -0.39 is 5.82 Å². The molecule has 5 heteroatoms. The molecule has 0 aliphatic carbocycles. The minimum absolute atomic E-state index is 0.0660. The van der Waals surface area contributed by atoms with E-state index in [1.54, 1.807) is 12.1 Å². The Hall–Kier alpha value is -2.07. The van der Waals surface area contributed by atoms with E-state index in [-0.39, 0.29) is 22.2 Å². The number of hydrogen-bond acceptors (Lipinski definition) is 2. The number of nitrogens with zero attached hydrogens (tertiary/aromatic N) is 1. The number of anilines is 1. The third-order valence-electron chi connectivity index (χ3n) is 3.21. The van der Waals surface area contributed by atoms with Crippen LogP contribution in [0.3, 0.4) is 0 Å². The quantitative estimate of drug-likeness (QED) is 0.925. The van der Waals surface area contributed by atoms with Gasteiger partial charge < -0.3 is 10.0 Å². The van der Waals surface area contributed by atoms with Crippen molar-refractivity contribution >= 4 is 23.2 Å². The first-order valence-corrected chi connectivity index (χ1v) is 6.88. The van der Waals surface area contributed by atoms with Crippen LogP contribution in [0.1, 0.15) is 22.8 Å². The molecule has 0 bridgehead atoms. The predicted molar refractivity (Wildman–Crippen MR) is 81.6 cm³/mol. The summed E-state index contributed by atoms with van der Waals surface area (Å²) in [6, 6.07) is 8.48. The maximum Gasteiger partial charge on any atom is 0.259 e. The summed E-state index contributed by atoms with van der Waals surface area (Å²) in [4.78, 5) is 14.1. The molecule has 0 saturated carbocycles. The molecule has 3 nitrogen and oxygen atoms in total. The molecule has 0 aliphatic heterocycles. The topological polar surface area (TPSA) is 40.5 Å². The van der Waals surface area contributed by atoms with E-state index in [4.69, 9.17) is 11.6 Å². The number of carbonyl (C=O) groups excluding carboxylic acids is 1. The number of benzene rings is 2. The number of aryl methyl sites for hydroxylation is 1. The molecule has 0 atom stereocenters. The van der Waals surface area contributed by atoms with Crippen molar-refractivity contribution in [3.63, 3.8) is 0 Å². The Labute approximate surface area is 127 Å². The molecule has 110 valence electrons. The minimum atomic E-state index is -0.492. The molecule has 2 aromatic rings. The van der Waals surface area contributed by atoms with E-state index in [1.165, 1.54) is 23.1 Å². The molecule has 2 aromatic carbocycles. The summed E-state index contributed by atoms with van der Waals surface area (Å²) in [5.74, 6) is -0.753. The van der Waals surface area contributed by atoms with Gasteiger partial charge >= 0.3 is 0 Å². The van der Waals surface area contributed by atoms with Gasteiger partial charge in [0.15, 0.2) is 0 Å². The Morgan fingerprint density at radius 1 is 1.29 bits per heavy atom. The molecule has 2 rings (SSSR count). The van der Waals surface area contributed by atoms with Gasteiger partial charge in [-0.25, -0.2) is 4.39 Å². The largest absolute Gasteiger partial charge is 0.508 e. The van der Waals surface area contributed by atoms with Crippen molar-refractivity contribution in [2.45, 2.75) is 13.8 Å². The summed E-state index contributed by atoms with van der Waals surface area (Å²) >= 11 is 5.95. The number of hydrogen-bond donors (Lipinski definition) is 1. The van der Waals surface area contributed by atoms with E-state index in [0.29, 0.717) is 12.2 Å². The van der Waals surface area contributed by atoms with Crippen LogP contribution in [0, 0.1) is 12.7 Å². The molecule has 0 aliphatic rings. The molecule has 0 unspecified atom stereocenters. The van der Waals surface area contributed by atoms with Gasteiger partial charge in [-0.2, -0.15) is 0 Å². The standard InChI is InChI=1S/C16H15ClFNO2/c1-3-19(15-9-12(20)6-4-10(15)2)16(21)13-7-5-11(18)8-14(13)17/h4-9,20H,3H2,1-2H3. The normalized spacial score (nSPS) is 10.5. The lowest BCUT2D eigenvalue weighted by atomic mass is 10.1. The summed E-state index contributed by atoms with van der Waals surface area (Å²) in [6.45, 7) is 4.06. The number of phenolic OH excluding ortho intramolecular Hbond substituents is 1.